The minimum Gasteiger partial charge on any atom is -0.400 e. The van der Waals surface area contributed by atoms with Crippen LogP contribution in [0.2, 0.25) is 0 Å². The summed E-state index contributed by atoms with van der Waals surface area (Å²) < 4.78 is 11.9. The fraction of sp³-hybridized carbons (Fsp3) is 0.562. The molecule has 0 aliphatic carbocycles. The first-order valence-electron chi connectivity index (χ1n) is 7.38. The zero-order chi connectivity index (χ0) is 15.8. The monoisotopic (exact) mass is 288 g/mol. The van der Waals surface area contributed by atoms with Crippen LogP contribution in [0.3, 0.4) is 0 Å². The largest absolute Gasteiger partial charge is 0.487 e. The Balaban J connectivity index is 2.11. The highest BCUT2D eigenvalue weighted by Gasteiger charge is 2.49. The molecule has 1 aromatic rings. The minimum absolute atomic E-state index is 0.0499. The molecule has 1 fully saturated rings. The number of aryl methyl sites for hydroxylation is 1. The van der Waals surface area contributed by atoms with Gasteiger partial charge >= 0.3 is 7.12 Å². The van der Waals surface area contributed by atoms with E-state index >= 15 is 0 Å². The molecule has 0 aromatic carbocycles. The molecule has 2 heterocycles. The molecule has 0 amide bonds. The van der Waals surface area contributed by atoms with Crippen molar-refractivity contribution in [3.63, 3.8) is 0 Å². The van der Waals surface area contributed by atoms with Gasteiger partial charge in [-0.05, 0) is 58.7 Å². The Hall–Kier alpha value is -1.17. The zero-order valence-electron chi connectivity index (χ0n) is 13.8. The van der Waals surface area contributed by atoms with Gasteiger partial charge < -0.3 is 15.0 Å². The van der Waals surface area contributed by atoms with E-state index in [1.54, 1.807) is 0 Å². The van der Waals surface area contributed by atoms with Crippen LogP contribution in [0.25, 0.3) is 6.08 Å². The molecule has 21 heavy (non-hydrogen) atoms. The fourth-order valence-electron chi connectivity index (χ4n) is 2.33. The highest BCUT2D eigenvalue weighted by molar-refractivity contribution is 6.52. The van der Waals surface area contributed by atoms with Crippen LogP contribution < -0.4 is 5.73 Å². The van der Waals surface area contributed by atoms with Crippen LogP contribution in [-0.4, -0.2) is 23.3 Å². The van der Waals surface area contributed by atoms with Gasteiger partial charge in [-0.3, -0.25) is 4.98 Å². The summed E-state index contributed by atoms with van der Waals surface area (Å²) in [5.74, 6) is 1.93. The van der Waals surface area contributed by atoms with Crippen LogP contribution in [0.1, 0.15) is 57.5 Å². The van der Waals surface area contributed by atoms with Gasteiger partial charge in [0.15, 0.2) is 0 Å². The van der Waals surface area contributed by atoms with Crippen LogP contribution in [0.15, 0.2) is 18.2 Å². The van der Waals surface area contributed by atoms with E-state index in [9.17, 15) is 0 Å². The van der Waals surface area contributed by atoms with Crippen LogP contribution in [-0.2, 0) is 9.31 Å². The number of aromatic nitrogens is 1. The van der Waals surface area contributed by atoms with E-state index in [1.165, 1.54) is 0 Å². The quantitative estimate of drug-likeness (QED) is 0.868. The smallest absolute Gasteiger partial charge is 0.400 e. The van der Waals surface area contributed by atoms with E-state index in [2.05, 4.69) is 11.1 Å². The Kier molecular flexibility index (Phi) is 4.29. The molecule has 1 saturated heterocycles. The molecule has 0 unspecified atom stereocenters. The molecule has 0 radical (unpaired) electrons. The Morgan fingerprint density at radius 3 is 2.29 bits per heavy atom. The number of rotatable bonds is 3. The highest BCUT2D eigenvalue weighted by Crippen LogP contribution is 2.37. The summed E-state index contributed by atoms with van der Waals surface area (Å²) in [6.07, 6.45) is 3.81. The highest BCUT2D eigenvalue weighted by atomic mass is 16.7. The molecular formula is C16H25BN2O2. The normalized spacial score (nSPS) is 22.0. The first kappa shape index (κ1) is 16.2. The summed E-state index contributed by atoms with van der Waals surface area (Å²) in [5, 5.41) is 0. The third-order valence-electron chi connectivity index (χ3n) is 4.29. The van der Waals surface area contributed by atoms with E-state index in [0.717, 1.165) is 16.8 Å². The molecule has 2 rings (SSSR count). The van der Waals surface area contributed by atoms with Crippen molar-refractivity contribution in [1.29, 1.82) is 0 Å². The van der Waals surface area contributed by atoms with Gasteiger partial charge in [-0.25, -0.2) is 0 Å². The predicted octanol–water partition coefficient (Wildman–Crippen LogP) is 3.05. The van der Waals surface area contributed by atoms with Crippen molar-refractivity contribution in [2.24, 2.45) is 5.73 Å². The second kappa shape index (κ2) is 5.56. The molecule has 2 N–H and O–H groups in total. The second-order valence-corrected chi connectivity index (χ2v) is 6.74. The molecule has 1 aromatic heterocycles. The van der Waals surface area contributed by atoms with Gasteiger partial charge in [0.2, 0.25) is 0 Å². The van der Waals surface area contributed by atoms with Crippen molar-refractivity contribution in [3.8, 4) is 0 Å². The topological polar surface area (TPSA) is 57.4 Å². The number of hydrogen-bond donors (Lipinski definition) is 1. The Labute approximate surface area is 127 Å². The summed E-state index contributed by atoms with van der Waals surface area (Å²) in [4.78, 5) is 4.42. The predicted molar refractivity (Wildman–Crippen MR) is 86.7 cm³/mol. The maximum Gasteiger partial charge on any atom is 0.487 e. The lowest BCUT2D eigenvalue weighted by atomic mass is 9.89. The number of nitrogens with two attached hydrogens (primary N) is 1. The van der Waals surface area contributed by atoms with Gasteiger partial charge in [0.1, 0.15) is 0 Å². The van der Waals surface area contributed by atoms with Crippen molar-refractivity contribution < 1.29 is 9.31 Å². The maximum atomic E-state index is 5.93. The van der Waals surface area contributed by atoms with Crippen LogP contribution in [0.4, 0.5) is 0 Å². The lowest BCUT2D eigenvalue weighted by Crippen LogP contribution is -2.41. The SMILES string of the molecule is Cc1cc(/C=C/B2OC(C)(C)C(C)(C)O2)cnc1[C@H](C)N. The zero-order valence-corrected chi connectivity index (χ0v) is 13.8. The minimum atomic E-state index is -0.330. The Morgan fingerprint density at radius 1 is 1.24 bits per heavy atom. The lowest BCUT2D eigenvalue weighted by Gasteiger charge is -2.32. The fourth-order valence-corrected chi connectivity index (χ4v) is 2.33. The summed E-state index contributed by atoms with van der Waals surface area (Å²) in [5.41, 5.74) is 8.31. The van der Waals surface area contributed by atoms with Gasteiger partial charge in [-0.15, -0.1) is 0 Å². The van der Waals surface area contributed by atoms with Crippen LogP contribution >= 0.6 is 0 Å². The average Bonchev–Trinajstić information content (AvgIpc) is 2.55. The maximum absolute atomic E-state index is 5.93. The summed E-state index contributed by atoms with van der Waals surface area (Å²) in [7, 11) is -0.330. The first-order valence-corrected chi connectivity index (χ1v) is 7.38. The van der Waals surface area contributed by atoms with Crippen LogP contribution in [0, 0.1) is 6.92 Å². The van der Waals surface area contributed by atoms with Gasteiger partial charge in [0.25, 0.3) is 0 Å². The molecule has 1 aliphatic rings. The summed E-state index contributed by atoms with van der Waals surface area (Å²) >= 11 is 0. The summed E-state index contributed by atoms with van der Waals surface area (Å²) in [6, 6.07) is 2.03. The van der Waals surface area contributed by atoms with Gasteiger partial charge in [-0.1, -0.05) is 12.1 Å². The molecular weight excluding hydrogens is 263 g/mol. The molecule has 1 atom stereocenters. The third kappa shape index (κ3) is 3.36. The van der Waals surface area contributed by atoms with Crippen molar-refractivity contribution in [3.05, 3.63) is 35.1 Å². The number of hydrogen-bond acceptors (Lipinski definition) is 4. The van der Waals surface area contributed by atoms with E-state index in [0.29, 0.717) is 0 Å². The molecule has 4 nitrogen and oxygen atoms in total. The van der Waals surface area contributed by atoms with Gasteiger partial charge in [-0.2, -0.15) is 0 Å². The van der Waals surface area contributed by atoms with Crippen molar-refractivity contribution in [2.75, 3.05) is 0 Å². The van der Waals surface area contributed by atoms with Crippen molar-refractivity contribution in [2.45, 2.75) is 58.8 Å². The lowest BCUT2D eigenvalue weighted by molar-refractivity contribution is 0.00578. The van der Waals surface area contributed by atoms with Crippen molar-refractivity contribution in [1.82, 2.24) is 4.98 Å². The standard InChI is InChI=1S/C16H25BN2O2/c1-11-9-13(10-19-14(11)12(2)18)7-8-17-20-15(3,4)16(5,6)21-17/h7-10,12H,18H2,1-6H3/b8-7+/t12-/m0/s1. The Morgan fingerprint density at radius 2 is 1.81 bits per heavy atom. The molecule has 0 bridgehead atoms. The molecule has 114 valence electrons. The summed E-state index contributed by atoms with van der Waals surface area (Å²) in [6.45, 7) is 12.1. The Bertz CT molecular complexity index is 537. The van der Waals surface area contributed by atoms with Gasteiger partial charge in [0.05, 0.1) is 16.9 Å². The first-order chi connectivity index (χ1) is 9.62. The molecule has 0 saturated carbocycles. The molecule has 0 spiro atoms. The number of nitrogens with zero attached hydrogens (tertiary/aromatic N) is 1. The molecule has 1 aliphatic heterocycles. The number of pyridine rings is 1. The van der Waals surface area contributed by atoms with E-state index in [-0.39, 0.29) is 24.4 Å². The van der Waals surface area contributed by atoms with Crippen LogP contribution in [0.5, 0.6) is 0 Å². The average molecular weight is 288 g/mol. The van der Waals surface area contributed by atoms with Crippen molar-refractivity contribution >= 4 is 13.2 Å². The second-order valence-electron chi connectivity index (χ2n) is 6.74. The molecule has 5 heteroatoms. The third-order valence-corrected chi connectivity index (χ3v) is 4.29. The van der Waals surface area contributed by atoms with E-state index < -0.39 is 0 Å². The van der Waals surface area contributed by atoms with Gasteiger partial charge in [0, 0.05) is 12.2 Å². The van der Waals surface area contributed by atoms with E-state index in [4.69, 9.17) is 15.0 Å². The van der Waals surface area contributed by atoms with E-state index in [1.807, 2.05) is 59.8 Å².